The minimum Gasteiger partial charge on any atom is -0.220 e. The first kappa shape index (κ1) is 15.0. The zero-order chi connectivity index (χ0) is 15.4. The molecule has 0 fully saturated rings. The third kappa shape index (κ3) is 3.30. The summed E-state index contributed by atoms with van der Waals surface area (Å²) in [6.07, 6.45) is 0. The van der Waals surface area contributed by atoms with Gasteiger partial charge in [0.25, 0.3) is 0 Å². The summed E-state index contributed by atoms with van der Waals surface area (Å²) in [4.78, 5) is 9.67. The Bertz CT molecular complexity index is 811. The van der Waals surface area contributed by atoms with Crippen LogP contribution in [0.15, 0.2) is 53.0 Å². The summed E-state index contributed by atoms with van der Waals surface area (Å²) in [5.74, 6) is 0.757. The average Bonchev–Trinajstić information content (AvgIpc) is 3.07. The highest BCUT2D eigenvalue weighted by Crippen LogP contribution is 2.32. The lowest BCUT2D eigenvalue weighted by atomic mass is 10.2. The highest BCUT2D eigenvalue weighted by Gasteiger charge is 2.15. The predicted molar refractivity (Wildman–Crippen MR) is 91.1 cm³/mol. The molecule has 0 unspecified atom stereocenters. The van der Waals surface area contributed by atoms with E-state index in [9.17, 15) is 5.26 Å². The van der Waals surface area contributed by atoms with E-state index in [0.29, 0.717) is 16.4 Å². The quantitative estimate of drug-likeness (QED) is 0.379. The highest BCUT2D eigenvalue weighted by molar-refractivity contribution is 7.98. The fraction of sp³-hybridized carbons (Fsp3) is 0.0625. The summed E-state index contributed by atoms with van der Waals surface area (Å²) in [5, 5.41) is 12.0. The maximum atomic E-state index is 9.28. The lowest BCUT2D eigenvalue weighted by Crippen LogP contribution is -1.96. The van der Waals surface area contributed by atoms with Gasteiger partial charge in [0.2, 0.25) is 0 Å². The molecule has 22 heavy (non-hydrogen) atoms. The van der Waals surface area contributed by atoms with Crippen molar-refractivity contribution < 1.29 is 0 Å². The van der Waals surface area contributed by atoms with Crippen LogP contribution < -0.4 is 0 Å². The Morgan fingerprint density at radius 1 is 1.14 bits per heavy atom. The topological polar surface area (TPSA) is 49.6 Å². The van der Waals surface area contributed by atoms with Gasteiger partial charge in [-0.15, -0.1) is 11.3 Å². The van der Waals surface area contributed by atoms with Crippen molar-refractivity contribution in [3.05, 3.63) is 64.1 Å². The number of hydrogen-bond acceptors (Lipinski definition) is 5. The molecule has 0 aliphatic heterocycles. The van der Waals surface area contributed by atoms with Gasteiger partial charge in [-0.3, -0.25) is 0 Å². The van der Waals surface area contributed by atoms with Crippen molar-refractivity contribution in [1.82, 2.24) is 9.97 Å². The standard InChI is InChI=1S/C16H10ClN3S2/c17-15-12(9-18)14(13-7-4-8-21-13)19-16(20-15)22-10-11-5-2-1-3-6-11/h1-8H,10H2. The number of nitriles is 1. The van der Waals surface area contributed by atoms with Crippen LogP contribution in [0.1, 0.15) is 11.1 Å². The summed E-state index contributed by atoms with van der Waals surface area (Å²) in [6, 6.07) is 16.0. The van der Waals surface area contributed by atoms with Gasteiger partial charge in [0.05, 0.1) is 4.88 Å². The number of thiophene rings is 1. The third-order valence-corrected chi connectivity index (χ3v) is 4.99. The summed E-state index contributed by atoms with van der Waals surface area (Å²) in [6.45, 7) is 0. The Hall–Kier alpha value is -1.87. The smallest absolute Gasteiger partial charge is 0.189 e. The van der Waals surface area contributed by atoms with Gasteiger partial charge in [0, 0.05) is 5.75 Å². The molecule has 3 aromatic rings. The summed E-state index contributed by atoms with van der Waals surface area (Å²) >= 11 is 9.19. The molecule has 0 bridgehead atoms. The van der Waals surface area contributed by atoms with Crippen LogP contribution in [0.5, 0.6) is 0 Å². The van der Waals surface area contributed by atoms with Gasteiger partial charge in [0.1, 0.15) is 17.3 Å². The van der Waals surface area contributed by atoms with Crippen molar-refractivity contribution in [2.24, 2.45) is 0 Å². The Balaban J connectivity index is 1.91. The van der Waals surface area contributed by atoms with Crippen LogP contribution in [-0.2, 0) is 5.75 Å². The van der Waals surface area contributed by atoms with E-state index >= 15 is 0 Å². The Labute approximate surface area is 141 Å². The zero-order valence-corrected chi connectivity index (χ0v) is 13.8. The van der Waals surface area contributed by atoms with Crippen molar-refractivity contribution in [2.75, 3.05) is 0 Å². The molecule has 108 valence electrons. The van der Waals surface area contributed by atoms with Crippen molar-refractivity contribution in [1.29, 1.82) is 5.26 Å². The molecule has 2 aromatic heterocycles. The fourth-order valence-corrected chi connectivity index (χ4v) is 3.67. The lowest BCUT2D eigenvalue weighted by Gasteiger charge is -2.06. The van der Waals surface area contributed by atoms with Gasteiger partial charge in [0.15, 0.2) is 10.3 Å². The van der Waals surface area contributed by atoms with Crippen molar-refractivity contribution in [2.45, 2.75) is 10.9 Å². The van der Waals surface area contributed by atoms with E-state index < -0.39 is 0 Å². The third-order valence-electron chi connectivity index (χ3n) is 2.92. The van der Waals surface area contributed by atoms with Gasteiger partial charge in [-0.1, -0.05) is 59.8 Å². The minimum absolute atomic E-state index is 0.205. The molecule has 0 saturated heterocycles. The molecule has 0 atom stereocenters. The van der Waals surface area contributed by atoms with Crippen LogP contribution in [0.25, 0.3) is 10.6 Å². The summed E-state index contributed by atoms with van der Waals surface area (Å²) in [7, 11) is 0. The Morgan fingerprint density at radius 3 is 2.64 bits per heavy atom. The highest BCUT2D eigenvalue weighted by atomic mass is 35.5. The van der Waals surface area contributed by atoms with E-state index in [1.165, 1.54) is 28.7 Å². The first-order valence-corrected chi connectivity index (χ1v) is 8.70. The molecule has 0 radical (unpaired) electrons. The normalized spacial score (nSPS) is 10.4. The number of halogens is 1. The number of hydrogen-bond donors (Lipinski definition) is 0. The maximum Gasteiger partial charge on any atom is 0.189 e. The largest absolute Gasteiger partial charge is 0.220 e. The first-order valence-electron chi connectivity index (χ1n) is 6.46. The van der Waals surface area contributed by atoms with Gasteiger partial charge >= 0.3 is 0 Å². The molecular formula is C16H10ClN3S2. The molecule has 0 saturated carbocycles. The van der Waals surface area contributed by atoms with Crippen molar-refractivity contribution in [3.63, 3.8) is 0 Å². The van der Waals surface area contributed by atoms with E-state index in [-0.39, 0.29) is 5.15 Å². The monoisotopic (exact) mass is 343 g/mol. The molecule has 0 aliphatic rings. The first-order chi connectivity index (χ1) is 10.8. The molecular weight excluding hydrogens is 334 g/mol. The van der Waals surface area contributed by atoms with Gasteiger partial charge in [-0.2, -0.15) is 5.26 Å². The van der Waals surface area contributed by atoms with Crippen molar-refractivity contribution >= 4 is 34.7 Å². The lowest BCUT2D eigenvalue weighted by molar-refractivity contribution is 0.968. The number of benzene rings is 1. The number of thioether (sulfide) groups is 1. The Morgan fingerprint density at radius 2 is 1.95 bits per heavy atom. The summed E-state index contributed by atoms with van der Waals surface area (Å²) in [5.41, 5.74) is 2.12. The fourth-order valence-electron chi connectivity index (χ4n) is 1.89. The molecule has 3 nitrogen and oxygen atoms in total. The van der Waals surface area contributed by atoms with Gasteiger partial charge < -0.3 is 0 Å². The Kier molecular flexibility index (Phi) is 4.74. The molecule has 0 N–H and O–H groups in total. The van der Waals surface area contributed by atoms with Gasteiger partial charge in [-0.05, 0) is 17.0 Å². The second kappa shape index (κ2) is 6.93. The van der Waals surface area contributed by atoms with Crippen LogP contribution in [0.4, 0.5) is 0 Å². The van der Waals surface area contributed by atoms with Gasteiger partial charge in [-0.25, -0.2) is 9.97 Å². The number of aromatic nitrogens is 2. The second-order valence-electron chi connectivity index (χ2n) is 4.38. The minimum atomic E-state index is 0.205. The maximum absolute atomic E-state index is 9.28. The molecule has 1 aromatic carbocycles. The van der Waals surface area contributed by atoms with E-state index in [4.69, 9.17) is 11.6 Å². The van der Waals surface area contributed by atoms with Crippen LogP contribution in [0.3, 0.4) is 0 Å². The van der Waals surface area contributed by atoms with Crippen LogP contribution in [-0.4, -0.2) is 9.97 Å². The van der Waals surface area contributed by atoms with Crippen molar-refractivity contribution in [3.8, 4) is 16.6 Å². The molecule has 3 rings (SSSR count). The summed E-state index contributed by atoms with van der Waals surface area (Å²) < 4.78 is 0. The molecule has 2 heterocycles. The van der Waals surface area contributed by atoms with E-state index in [1.54, 1.807) is 0 Å². The van der Waals surface area contributed by atoms with E-state index in [1.807, 2.05) is 35.7 Å². The van der Waals surface area contributed by atoms with E-state index in [2.05, 4.69) is 28.2 Å². The van der Waals surface area contributed by atoms with Crippen LogP contribution in [0, 0.1) is 11.3 Å². The number of rotatable bonds is 4. The van der Waals surface area contributed by atoms with Crippen LogP contribution >= 0.6 is 34.7 Å². The second-order valence-corrected chi connectivity index (χ2v) is 6.63. The molecule has 0 amide bonds. The van der Waals surface area contributed by atoms with Crippen LogP contribution in [0.2, 0.25) is 5.15 Å². The predicted octanol–water partition coefficient (Wildman–Crippen LogP) is 5.02. The number of nitrogens with zero attached hydrogens (tertiary/aromatic N) is 3. The van der Waals surface area contributed by atoms with E-state index in [0.717, 1.165) is 10.6 Å². The molecule has 0 spiro atoms. The zero-order valence-electron chi connectivity index (χ0n) is 11.4. The average molecular weight is 344 g/mol. The SMILES string of the molecule is N#Cc1c(Cl)nc(SCc2ccccc2)nc1-c1cccs1. The molecule has 6 heteroatoms. The molecule has 0 aliphatic carbocycles.